The molecule has 5 nitrogen and oxygen atoms in total. The van der Waals surface area contributed by atoms with Crippen LogP contribution >= 0.6 is 12.2 Å². The van der Waals surface area contributed by atoms with Crippen LogP contribution in [0.5, 0.6) is 0 Å². The Kier molecular flexibility index (Phi) is 4.26. The van der Waals surface area contributed by atoms with E-state index in [0.29, 0.717) is 4.77 Å². The summed E-state index contributed by atoms with van der Waals surface area (Å²) in [6, 6.07) is 29.4. The van der Waals surface area contributed by atoms with Crippen LogP contribution in [0.25, 0.3) is 44.8 Å². The van der Waals surface area contributed by atoms with Crippen LogP contribution in [0.4, 0.5) is 0 Å². The van der Waals surface area contributed by atoms with Crippen LogP contribution in [0.2, 0.25) is 0 Å². The van der Waals surface area contributed by atoms with Crippen LogP contribution in [-0.4, -0.2) is 24.1 Å². The van der Waals surface area contributed by atoms with Crippen molar-refractivity contribution in [2.24, 2.45) is 0 Å². The van der Waals surface area contributed by atoms with E-state index in [4.69, 9.17) is 17.2 Å². The molecular weight excluding hydrogens is 414 g/mol. The Balaban J connectivity index is 1.87. The number of aryl methyl sites for hydroxylation is 1. The van der Waals surface area contributed by atoms with Crippen LogP contribution in [0.3, 0.4) is 0 Å². The fraction of sp³-hybridized carbons (Fsp3) is 0.0385. The van der Waals surface area contributed by atoms with E-state index >= 15 is 0 Å². The van der Waals surface area contributed by atoms with Crippen molar-refractivity contribution in [1.29, 1.82) is 0 Å². The molecule has 3 heterocycles. The average molecular weight is 434 g/mol. The zero-order valence-electron chi connectivity index (χ0n) is 17.4. The lowest BCUT2D eigenvalue weighted by molar-refractivity contribution is 1.03. The number of H-pyrrole nitrogens is 1. The van der Waals surface area contributed by atoms with E-state index in [1.54, 1.807) is 6.33 Å². The number of benzene rings is 3. The highest BCUT2D eigenvalue weighted by Crippen LogP contribution is 2.43. The normalized spacial score (nSPS) is 11.4. The summed E-state index contributed by atoms with van der Waals surface area (Å²) in [6.07, 6.45) is 1.75. The molecule has 0 aliphatic rings. The smallest absolute Gasteiger partial charge is 0.200 e. The third-order valence-corrected chi connectivity index (χ3v) is 6.06. The van der Waals surface area contributed by atoms with Crippen molar-refractivity contribution in [3.8, 4) is 28.1 Å². The summed E-state index contributed by atoms with van der Waals surface area (Å²) in [5, 5.41) is 8.47. The van der Waals surface area contributed by atoms with Crippen LogP contribution in [0, 0.1) is 11.7 Å². The zero-order chi connectivity index (χ0) is 21.7. The first-order valence-corrected chi connectivity index (χ1v) is 10.8. The minimum Gasteiger partial charge on any atom is -0.293 e. The van der Waals surface area contributed by atoms with Crippen molar-refractivity contribution in [3.63, 3.8) is 0 Å². The third kappa shape index (κ3) is 2.81. The lowest BCUT2D eigenvalue weighted by Crippen LogP contribution is -1.99. The molecule has 0 unspecified atom stereocenters. The first-order chi connectivity index (χ1) is 15.7. The largest absolute Gasteiger partial charge is 0.293 e. The first kappa shape index (κ1) is 18.7. The van der Waals surface area contributed by atoms with E-state index < -0.39 is 0 Å². The SMILES string of the molecule is Cc1ccc(-n2c(-c3ccccc3)c(-c3ccccc3)c3c2ncn2c(=S)[nH]nc32)cc1. The van der Waals surface area contributed by atoms with Gasteiger partial charge in [-0.3, -0.25) is 14.1 Å². The molecule has 0 radical (unpaired) electrons. The molecular formula is C26H19N5S. The number of fused-ring (bicyclic) bond motifs is 3. The maximum atomic E-state index is 5.45. The Labute approximate surface area is 189 Å². The van der Waals surface area contributed by atoms with Crippen LogP contribution < -0.4 is 0 Å². The highest BCUT2D eigenvalue weighted by molar-refractivity contribution is 7.71. The van der Waals surface area contributed by atoms with E-state index in [1.165, 1.54) is 5.56 Å². The minimum absolute atomic E-state index is 0.526. The fourth-order valence-corrected chi connectivity index (χ4v) is 4.47. The van der Waals surface area contributed by atoms with Crippen LogP contribution in [0.15, 0.2) is 91.3 Å². The van der Waals surface area contributed by atoms with Gasteiger partial charge in [0.25, 0.3) is 0 Å². The van der Waals surface area contributed by atoms with Crippen molar-refractivity contribution in [3.05, 3.63) is 102 Å². The standard InChI is InChI=1S/C26H19N5S/c1-17-12-14-20(15-13-17)31-23(19-10-6-3-7-11-19)21(18-8-4-2-5-9-18)22-24(31)27-16-30-25(22)28-29-26(30)32/h2-16H,1H3,(H,29,32). The molecule has 32 heavy (non-hydrogen) atoms. The van der Waals surface area contributed by atoms with Gasteiger partial charge in [0.2, 0.25) is 4.77 Å². The lowest BCUT2D eigenvalue weighted by atomic mass is 9.99. The molecule has 0 atom stereocenters. The number of nitrogens with one attached hydrogen (secondary N) is 1. The second-order valence-corrected chi connectivity index (χ2v) is 8.18. The molecule has 6 heteroatoms. The van der Waals surface area contributed by atoms with E-state index in [0.717, 1.165) is 44.8 Å². The molecule has 0 amide bonds. The lowest BCUT2D eigenvalue weighted by Gasteiger charge is -2.13. The maximum Gasteiger partial charge on any atom is 0.200 e. The number of rotatable bonds is 3. The van der Waals surface area contributed by atoms with E-state index in [9.17, 15) is 0 Å². The van der Waals surface area contributed by atoms with Crippen molar-refractivity contribution in [1.82, 2.24) is 24.1 Å². The van der Waals surface area contributed by atoms with Crippen molar-refractivity contribution < 1.29 is 0 Å². The molecule has 6 rings (SSSR count). The summed E-state index contributed by atoms with van der Waals surface area (Å²) in [7, 11) is 0. The topological polar surface area (TPSA) is 50.9 Å². The number of aromatic amines is 1. The quantitative estimate of drug-likeness (QED) is 0.330. The summed E-state index contributed by atoms with van der Waals surface area (Å²) in [5.74, 6) is 0. The maximum absolute atomic E-state index is 5.45. The van der Waals surface area contributed by atoms with Gasteiger partial charge in [0.1, 0.15) is 6.33 Å². The molecule has 0 spiro atoms. The molecule has 0 bridgehead atoms. The van der Waals surface area contributed by atoms with Gasteiger partial charge in [-0.05, 0) is 42.4 Å². The predicted molar refractivity (Wildman–Crippen MR) is 131 cm³/mol. The second kappa shape index (κ2) is 7.28. The van der Waals surface area contributed by atoms with Gasteiger partial charge in [-0.2, -0.15) is 5.10 Å². The van der Waals surface area contributed by atoms with E-state index in [2.05, 4.69) is 94.5 Å². The second-order valence-electron chi connectivity index (χ2n) is 7.79. The summed E-state index contributed by atoms with van der Waals surface area (Å²) < 4.78 is 4.58. The molecule has 154 valence electrons. The molecule has 3 aromatic carbocycles. The van der Waals surface area contributed by atoms with Crippen molar-refractivity contribution in [2.75, 3.05) is 0 Å². The van der Waals surface area contributed by atoms with E-state index in [-0.39, 0.29) is 0 Å². The van der Waals surface area contributed by atoms with E-state index in [1.807, 2.05) is 16.5 Å². The Morgan fingerprint density at radius 1 is 0.781 bits per heavy atom. The highest BCUT2D eigenvalue weighted by Gasteiger charge is 2.25. The Morgan fingerprint density at radius 2 is 1.44 bits per heavy atom. The molecule has 0 aliphatic heterocycles. The zero-order valence-corrected chi connectivity index (χ0v) is 18.2. The molecule has 0 saturated carbocycles. The van der Waals surface area contributed by atoms with Crippen LogP contribution in [-0.2, 0) is 0 Å². The third-order valence-electron chi connectivity index (χ3n) is 5.77. The number of hydrogen-bond acceptors (Lipinski definition) is 3. The summed E-state index contributed by atoms with van der Waals surface area (Å²) in [5.41, 5.74) is 8.24. The van der Waals surface area contributed by atoms with Gasteiger partial charge in [-0.15, -0.1) is 0 Å². The highest BCUT2D eigenvalue weighted by atomic mass is 32.1. The Bertz CT molecular complexity index is 1630. The van der Waals surface area contributed by atoms with Gasteiger partial charge in [0.15, 0.2) is 11.3 Å². The fourth-order valence-electron chi connectivity index (χ4n) is 4.29. The van der Waals surface area contributed by atoms with Gasteiger partial charge < -0.3 is 0 Å². The van der Waals surface area contributed by atoms with Gasteiger partial charge in [0.05, 0.1) is 11.1 Å². The van der Waals surface area contributed by atoms with Crippen molar-refractivity contribution >= 4 is 28.9 Å². The summed E-state index contributed by atoms with van der Waals surface area (Å²) in [6.45, 7) is 2.10. The van der Waals surface area contributed by atoms with Crippen LogP contribution in [0.1, 0.15) is 5.56 Å². The predicted octanol–water partition coefficient (Wildman–Crippen LogP) is 6.37. The van der Waals surface area contributed by atoms with Crippen molar-refractivity contribution in [2.45, 2.75) is 6.92 Å². The summed E-state index contributed by atoms with van der Waals surface area (Å²) >= 11 is 5.45. The number of hydrogen-bond donors (Lipinski definition) is 1. The summed E-state index contributed by atoms with van der Waals surface area (Å²) in [4.78, 5) is 4.87. The van der Waals surface area contributed by atoms with Gasteiger partial charge >= 0.3 is 0 Å². The number of aromatic nitrogens is 5. The van der Waals surface area contributed by atoms with Gasteiger partial charge in [-0.25, -0.2) is 4.98 Å². The minimum atomic E-state index is 0.526. The molecule has 0 fully saturated rings. The first-order valence-electron chi connectivity index (χ1n) is 10.4. The Hall–Kier alpha value is -4.03. The molecule has 6 aromatic rings. The average Bonchev–Trinajstić information content (AvgIpc) is 3.39. The Morgan fingerprint density at radius 3 is 2.12 bits per heavy atom. The molecule has 1 N–H and O–H groups in total. The monoisotopic (exact) mass is 433 g/mol. The van der Waals surface area contributed by atoms with Gasteiger partial charge in [0, 0.05) is 11.3 Å². The molecule has 0 saturated heterocycles. The molecule has 3 aromatic heterocycles. The molecule has 0 aliphatic carbocycles. The van der Waals surface area contributed by atoms with Gasteiger partial charge in [-0.1, -0.05) is 78.4 Å². The number of nitrogens with zero attached hydrogens (tertiary/aromatic N) is 4.